The van der Waals surface area contributed by atoms with Gasteiger partial charge in [0.1, 0.15) is 18.3 Å². The molecule has 0 saturated carbocycles. The van der Waals surface area contributed by atoms with Crippen LogP contribution in [0.4, 0.5) is 0 Å². The van der Waals surface area contributed by atoms with Crippen molar-refractivity contribution >= 4 is 18.7 Å². The minimum absolute atomic E-state index is 0.141. The number of ether oxygens (including phenoxy) is 4. The molecule has 5 atom stereocenters. The Kier molecular flexibility index (Phi) is 6.40. The molecule has 2 heterocycles. The molecule has 0 N–H and O–H groups in total. The van der Waals surface area contributed by atoms with Crippen LogP contribution in [-0.2, 0) is 23.4 Å². The Hall–Kier alpha value is -1.54. The Labute approximate surface area is 193 Å². The summed E-state index contributed by atoms with van der Waals surface area (Å²) in [6.07, 6.45) is -1.66. The van der Waals surface area contributed by atoms with E-state index >= 15 is 0 Å². The standard InChI is InChI=1S/C26H36O5Si/c1-18-21(22-23(24(27-7)28-18)30-26(5,6)29-22)31-32(25(2,3)4,19-14-10-8-11-15-19)20-16-12-9-13-17-20/h8-18,21-24H,1-7H3/t18-,21-,22+,23+,24+/m0/s1. The molecule has 4 rings (SSSR count). The lowest BCUT2D eigenvalue weighted by molar-refractivity contribution is -0.260. The highest BCUT2D eigenvalue weighted by Crippen LogP contribution is 2.43. The number of rotatable bonds is 5. The maximum Gasteiger partial charge on any atom is 0.261 e. The Bertz CT molecular complexity index is 856. The maximum absolute atomic E-state index is 7.38. The highest BCUT2D eigenvalue weighted by Gasteiger charge is 2.59. The van der Waals surface area contributed by atoms with Crippen LogP contribution in [0.25, 0.3) is 0 Å². The molecular weight excluding hydrogens is 420 g/mol. The Morgan fingerprint density at radius 1 is 0.844 bits per heavy atom. The highest BCUT2D eigenvalue weighted by atomic mass is 28.4. The molecule has 2 aromatic carbocycles. The summed E-state index contributed by atoms with van der Waals surface area (Å²) in [5, 5.41) is 2.32. The number of benzene rings is 2. The molecule has 0 unspecified atom stereocenters. The SMILES string of the molecule is CO[C@@H]1O[C@@H](C)[C@H](O[Si](c2ccccc2)(c2ccccc2)C(C)(C)C)[C@H]2OC(C)(C)O[C@@H]12. The molecule has 174 valence electrons. The molecule has 0 aromatic heterocycles. The van der Waals surface area contributed by atoms with Gasteiger partial charge in [-0.2, -0.15) is 0 Å². The predicted octanol–water partition coefficient (Wildman–Crippen LogP) is 3.84. The molecule has 0 spiro atoms. The zero-order chi connectivity index (χ0) is 23.1. The van der Waals surface area contributed by atoms with Gasteiger partial charge in [-0.3, -0.25) is 0 Å². The van der Waals surface area contributed by atoms with Gasteiger partial charge in [0, 0.05) is 7.11 Å². The van der Waals surface area contributed by atoms with E-state index in [4.69, 9.17) is 23.4 Å². The summed E-state index contributed by atoms with van der Waals surface area (Å²) in [5.74, 6) is -0.730. The first-order valence-corrected chi connectivity index (χ1v) is 13.3. The second kappa shape index (κ2) is 8.67. The van der Waals surface area contributed by atoms with Crippen molar-refractivity contribution in [1.29, 1.82) is 0 Å². The van der Waals surface area contributed by atoms with Crippen molar-refractivity contribution in [2.45, 2.75) is 83.1 Å². The van der Waals surface area contributed by atoms with E-state index in [0.29, 0.717) is 0 Å². The Morgan fingerprint density at radius 3 is 1.81 bits per heavy atom. The third-order valence-corrected chi connectivity index (χ3v) is 11.6. The first-order chi connectivity index (χ1) is 15.1. The van der Waals surface area contributed by atoms with Crippen LogP contribution in [0.2, 0.25) is 5.04 Å². The van der Waals surface area contributed by atoms with Crippen molar-refractivity contribution in [2.24, 2.45) is 0 Å². The van der Waals surface area contributed by atoms with Gasteiger partial charge in [-0.25, -0.2) is 0 Å². The highest BCUT2D eigenvalue weighted by molar-refractivity contribution is 6.99. The number of hydrogen-bond acceptors (Lipinski definition) is 5. The number of fused-ring (bicyclic) bond motifs is 1. The molecule has 2 fully saturated rings. The van der Waals surface area contributed by atoms with Gasteiger partial charge in [-0.1, -0.05) is 81.4 Å². The summed E-state index contributed by atoms with van der Waals surface area (Å²) in [7, 11) is -1.13. The van der Waals surface area contributed by atoms with Crippen molar-refractivity contribution in [3.8, 4) is 0 Å². The topological polar surface area (TPSA) is 46.2 Å². The zero-order valence-electron chi connectivity index (χ0n) is 20.2. The normalized spacial score (nSPS) is 30.2. The molecule has 2 saturated heterocycles. The first-order valence-electron chi connectivity index (χ1n) is 11.4. The summed E-state index contributed by atoms with van der Waals surface area (Å²) >= 11 is 0. The zero-order valence-corrected chi connectivity index (χ0v) is 21.2. The first kappa shape index (κ1) is 23.6. The summed E-state index contributed by atoms with van der Waals surface area (Å²) in [5.41, 5.74) is 0. The third-order valence-electron chi connectivity index (χ3n) is 6.53. The number of methoxy groups -OCH3 is 1. The fraction of sp³-hybridized carbons (Fsp3) is 0.538. The van der Waals surface area contributed by atoms with E-state index in [1.807, 2.05) is 20.8 Å². The monoisotopic (exact) mass is 456 g/mol. The largest absolute Gasteiger partial charge is 0.399 e. The van der Waals surface area contributed by atoms with Crippen molar-refractivity contribution in [3.63, 3.8) is 0 Å². The van der Waals surface area contributed by atoms with Crippen LogP contribution in [0, 0.1) is 0 Å². The van der Waals surface area contributed by atoms with E-state index in [9.17, 15) is 0 Å². The van der Waals surface area contributed by atoms with Crippen LogP contribution in [-0.4, -0.2) is 51.9 Å². The molecule has 0 radical (unpaired) electrons. The molecule has 0 aliphatic carbocycles. The minimum Gasteiger partial charge on any atom is -0.399 e. The van der Waals surface area contributed by atoms with Crippen molar-refractivity contribution in [2.75, 3.05) is 7.11 Å². The molecule has 2 aliphatic heterocycles. The molecule has 0 bridgehead atoms. The lowest BCUT2D eigenvalue weighted by atomic mass is 10.0. The smallest absolute Gasteiger partial charge is 0.261 e. The molecule has 0 amide bonds. The van der Waals surface area contributed by atoms with Crippen LogP contribution >= 0.6 is 0 Å². The predicted molar refractivity (Wildman–Crippen MR) is 128 cm³/mol. The van der Waals surface area contributed by atoms with Gasteiger partial charge in [-0.05, 0) is 36.2 Å². The van der Waals surface area contributed by atoms with Crippen molar-refractivity contribution in [3.05, 3.63) is 60.7 Å². The fourth-order valence-corrected chi connectivity index (χ4v) is 9.91. The van der Waals surface area contributed by atoms with E-state index < -0.39 is 20.4 Å². The number of hydrogen-bond donors (Lipinski definition) is 0. The molecule has 6 heteroatoms. The molecular formula is C26H36O5Si. The molecule has 5 nitrogen and oxygen atoms in total. The van der Waals surface area contributed by atoms with Crippen LogP contribution < -0.4 is 10.4 Å². The van der Waals surface area contributed by atoms with Gasteiger partial charge in [-0.15, -0.1) is 0 Å². The molecule has 2 aromatic rings. The lowest BCUT2D eigenvalue weighted by Crippen LogP contribution is -2.71. The Balaban J connectivity index is 1.84. The summed E-state index contributed by atoms with van der Waals surface area (Å²) < 4.78 is 31.9. The van der Waals surface area contributed by atoms with Gasteiger partial charge in [0.25, 0.3) is 8.32 Å². The average Bonchev–Trinajstić information content (AvgIpc) is 3.08. The van der Waals surface area contributed by atoms with Gasteiger partial charge >= 0.3 is 0 Å². The van der Waals surface area contributed by atoms with E-state index in [1.165, 1.54) is 10.4 Å². The summed E-state index contributed by atoms with van der Waals surface area (Å²) in [4.78, 5) is 0. The third kappa shape index (κ3) is 4.09. The second-order valence-corrected chi connectivity index (χ2v) is 14.5. The van der Waals surface area contributed by atoms with Crippen LogP contribution in [0.15, 0.2) is 60.7 Å². The van der Waals surface area contributed by atoms with E-state index in [1.54, 1.807) is 7.11 Å². The maximum atomic E-state index is 7.38. The van der Waals surface area contributed by atoms with E-state index in [-0.39, 0.29) is 29.5 Å². The Morgan fingerprint density at radius 2 is 1.34 bits per heavy atom. The van der Waals surface area contributed by atoms with Crippen LogP contribution in [0.3, 0.4) is 0 Å². The van der Waals surface area contributed by atoms with Crippen LogP contribution in [0.5, 0.6) is 0 Å². The van der Waals surface area contributed by atoms with Gasteiger partial charge in [0.2, 0.25) is 0 Å². The van der Waals surface area contributed by atoms with E-state index in [0.717, 1.165) is 0 Å². The summed E-state index contributed by atoms with van der Waals surface area (Å²) in [6, 6.07) is 21.3. The van der Waals surface area contributed by atoms with Crippen LogP contribution in [0.1, 0.15) is 41.5 Å². The molecule has 2 aliphatic rings. The lowest BCUT2D eigenvalue weighted by Gasteiger charge is -2.49. The minimum atomic E-state index is -2.77. The van der Waals surface area contributed by atoms with Gasteiger partial charge < -0.3 is 23.4 Å². The average molecular weight is 457 g/mol. The van der Waals surface area contributed by atoms with Crippen molar-refractivity contribution < 1.29 is 23.4 Å². The fourth-order valence-electron chi connectivity index (χ4n) is 5.16. The van der Waals surface area contributed by atoms with Crippen molar-refractivity contribution in [1.82, 2.24) is 0 Å². The summed E-state index contributed by atoms with van der Waals surface area (Å²) in [6.45, 7) is 12.7. The van der Waals surface area contributed by atoms with Gasteiger partial charge in [0.15, 0.2) is 12.1 Å². The van der Waals surface area contributed by atoms with E-state index in [2.05, 4.69) is 81.4 Å². The quantitative estimate of drug-likeness (QED) is 0.640. The van der Waals surface area contributed by atoms with Gasteiger partial charge in [0.05, 0.1) is 6.10 Å². The molecule has 32 heavy (non-hydrogen) atoms. The second-order valence-electron chi connectivity index (χ2n) is 10.3.